The maximum Gasteiger partial charge on any atom is 0.132 e. The normalized spacial score (nSPS) is 12.5. The predicted molar refractivity (Wildman–Crippen MR) is 88.8 cm³/mol. The highest BCUT2D eigenvalue weighted by molar-refractivity contribution is 6.91. The average molecular weight is 276 g/mol. The average Bonchev–Trinajstić information content (AvgIpc) is 2.68. The molecule has 0 spiro atoms. The number of allylic oxidation sites excluding steroid dienone is 2. The van der Waals surface area contributed by atoms with Gasteiger partial charge in [0.2, 0.25) is 0 Å². The van der Waals surface area contributed by atoms with E-state index < -0.39 is 8.07 Å². The third-order valence-corrected chi connectivity index (χ3v) is 9.70. The van der Waals surface area contributed by atoms with Gasteiger partial charge in [-0.2, -0.15) is 0 Å². The molecule has 0 atom stereocenters. The lowest BCUT2D eigenvalue weighted by Crippen LogP contribution is -2.50. The molecule has 0 N–H and O–H groups in total. The third kappa shape index (κ3) is 3.11. The highest BCUT2D eigenvalue weighted by atomic mass is 28.3. The smallest absolute Gasteiger partial charge is 0.132 e. The van der Waals surface area contributed by atoms with E-state index in [2.05, 4.69) is 53.9 Å². The van der Waals surface area contributed by atoms with Gasteiger partial charge >= 0.3 is 0 Å². The fraction of sp³-hybridized carbons (Fsp3) is 0.529. The minimum Gasteiger partial charge on any atom is -0.474 e. The molecule has 1 rings (SSSR count). The molecular formula is C17H28OSi. The van der Waals surface area contributed by atoms with Crippen LogP contribution >= 0.6 is 0 Å². The molecule has 0 fully saturated rings. The summed E-state index contributed by atoms with van der Waals surface area (Å²) in [7, 11) is -1.64. The Morgan fingerprint density at radius 1 is 1.37 bits per heavy atom. The van der Waals surface area contributed by atoms with Crippen molar-refractivity contribution < 1.29 is 4.42 Å². The van der Waals surface area contributed by atoms with Gasteiger partial charge in [-0.25, -0.2) is 0 Å². The first-order chi connectivity index (χ1) is 8.63. The van der Waals surface area contributed by atoms with Crippen molar-refractivity contribution >= 4 is 19.0 Å². The summed E-state index contributed by atoms with van der Waals surface area (Å²) in [4.78, 5) is 0. The summed E-state index contributed by atoms with van der Waals surface area (Å²) in [6.45, 7) is 21.7. The summed E-state index contributed by atoms with van der Waals surface area (Å²) in [5, 5.41) is 1.51. The van der Waals surface area contributed by atoms with Gasteiger partial charge in [-0.1, -0.05) is 46.5 Å². The van der Waals surface area contributed by atoms with Crippen LogP contribution in [0.25, 0.3) is 5.57 Å². The second-order valence-electron chi connectivity index (χ2n) is 6.94. The Hall–Kier alpha value is -1.02. The number of hydrogen-bond acceptors (Lipinski definition) is 1. The Labute approximate surface area is 119 Å². The van der Waals surface area contributed by atoms with Gasteiger partial charge in [-0.3, -0.25) is 0 Å². The van der Waals surface area contributed by atoms with Gasteiger partial charge in [0.1, 0.15) is 8.07 Å². The summed E-state index contributed by atoms with van der Waals surface area (Å²) >= 11 is 0. The summed E-state index contributed by atoms with van der Waals surface area (Å²) in [5.41, 5.74) is 3.65. The van der Waals surface area contributed by atoms with Crippen molar-refractivity contribution in [1.82, 2.24) is 0 Å². The van der Waals surface area contributed by atoms with E-state index in [9.17, 15) is 0 Å². The molecule has 0 aliphatic rings. The Morgan fingerprint density at radius 2 is 1.95 bits per heavy atom. The number of hydrogen-bond donors (Lipinski definition) is 0. The van der Waals surface area contributed by atoms with Crippen LogP contribution in [-0.2, 0) is 6.42 Å². The van der Waals surface area contributed by atoms with Crippen LogP contribution in [0, 0.1) is 0 Å². The first-order valence-electron chi connectivity index (χ1n) is 7.00. The first kappa shape index (κ1) is 16.0. The third-order valence-electron chi connectivity index (χ3n) is 4.39. The van der Waals surface area contributed by atoms with Crippen molar-refractivity contribution in [2.24, 2.45) is 0 Å². The summed E-state index contributed by atoms with van der Waals surface area (Å²) in [5.74, 6) is 0. The second-order valence-corrected chi connectivity index (χ2v) is 12.1. The molecule has 0 aromatic carbocycles. The van der Waals surface area contributed by atoms with E-state index in [4.69, 9.17) is 4.42 Å². The maximum absolute atomic E-state index is 6.01. The molecular weight excluding hydrogens is 248 g/mol. The van der Waals surface area contributed by atoms with E-state index in [1.54, 1.807) is 0 Å². The molecule has 0 bridgehead atoms. The van der Waals surface area contributed by atoms with Crippen molar-refractivity contribution in [3.8, 4) is 0 Å². The Bertz CT molecular complexity index is 472. The predicted octanol–water partition coefficient (Wildman–Crippen LogP) is 5.15. The van der Waals surface area contributed by atoms with E-state index in [1.807, 2.05) is 12.3 Å². The minimum absolute atomic E-state index is 0.278. The molecule has 1 heterocycles. The molecule has 0 unspecified atom stereocenters. The quantitative estimate of drug-likeness (QED) is 0.535. The van der Waals surface area contributed by atoms with Crippen LogP contribution in [0.1, 0.15) is 45.2 Å². The highest BCUT2D eigenvalue weighted by Gasteiger charge is 2.41. The van der Waals surface area contributed by atoms with Crippen molar-refractivity contribution in [2.45, 2.75) is 58.7 Å². The van der Waals surface area contributed by atoms with Crippen LogP contribution in [0.5, 0.6) is 0 Å². The van der Waals surface area contributed by atoms with Gasteiger partial charge in [0.15, 0.2) is 0 Å². The van der Waals surface area contributed by atoms with Gasteiger partial charge in [0.25, 0.3) is 0 Å². The Kier molecular flexibility index (Phi) is 4.67. The number of rotatable bonds is 5. The molecule has 106 valence electrons. The molecule has 0 aliphatic heterocycles. The van der Waals surface area contributed by atoms with Gasteiger partial charge in [-0.15, -0.1) is 6.58 Å². The molecule has 1 nitrogen and oxygen atoms in total. The summed E-state index contributed by atoms with van der Waals surface area (Å²) < 4.78 is 6.01. The van der Waals surface area contributed by atoms with Gasteiger partial charge < -0.3 is 4.42 Å². The van der Waals surface area contributed by atoms with Crippen LogP contribution in [-0.4, -0.2) is 8.07 Å². The molecule has 0 radical (unpaired) electrons. The zero-order valence-electron chi connectivity index (χ0n) is 13.4. The summed E-state index contributed by atoms with van der Waals surface area (Å²) in [6.07, 6.45) is 5.87. The van der Waals surface area contributed by atoms with Crippen molar-refractivity contribution in [3.63, 3.8) is 0 Å². The fourth-order valence-corrected chi connectivity index (χ4v) is 4.15. The van der Waals surface area contributed by atoms with E-state index in [1.165, 1.54) is 16.5 Å². The lowest BCUT2D eigenvalue weighted by molar-refractivity contribution is 0.584. The van der Waals surface area contributed by atoms with Crippen molar-refractivity contribution in [1.29, 1.82) is 0 Å². The maximum atomic E-state index is 6.01. The van der Waals surface area contributed by atoms with Gasteiger partial charge in [-0.05, 0) is 35.9 Å². The lowest BCUT2D eigenvalue weighted by Gasteiger charge is -2.35. The van der Waals surface area contributed by atoms with Crippen molar-refractivity contribution in [3.05, 3.63) is 36.6 Å². The Morgan fingerprint density at radius 3 is 2.37 bits per heavy atom. The van der Waals surface area contributed by atoms with Crippen LogP contribution in [0.2, 0.25) is 18.1 Å². The Balaban J connectivity index is 3.35. The number of furan rings is 1. The fourth-order valence-electron chi connectivity index (χ4n) is 2.10. The topological polar surface area (TPSA) is 13.1 Å². The van der Waals surface area contributed by atoms with Crippen LogP contribution in [0.15, 0.2) is 29.9 Å². The zero-order valence-corrected chi connectivity index (χ0v) is 14.4. The van der Waals surface area contributed by atoms with E-state index >= 15 is 0 Å². The van der Waals surface area contributed by atoms with E-state index in [-0.39, 0.29) is 5.04 Å². The standard InChI is InChI=1S/C17H28OSi/c1-9-10-11-14-15(13(2)3)12-18-16(14)19(7,8)17(4,5)6/h9,12H,1-2,10-11H2,3-8H3. The van der Waals surface area contributed by atoms with Gasteiger partial charge in [0.05, 0.1) is 11.6 Å². The molecule has 2 heteroatoms. The first-order valence-corrected chi connectivity index (χ1v) is 10.0. The SMILES string of the molecule is C=CCCc1c(C(=C)C)coc1[Si](C)(C)C(C)(C)C. The van der Waals surface area contributed by atoms with Crippen LogP contribution in [0.3, 0.4) is 0 Å². The van der Waals surface area contributed by atoms with Crippen LogP contribution in [0.4, 0.5) is 0 Å². The summed E-state index contributed by atoms with van der Waals surface area (Å²) in [6, 6.07) is 0. The largest absolute Gasteiger partial charge is 0.474 e. The monoisotopic (exact) mass is 276 g/mol. The van der Waals surface area contributed by atoms with Gasteiger partial charge in [0, 0.05) is 5.56 Å². The van der Waals surface area contributed by atoms with Crippen LogP contribution < -0.4 is 5.38 Å². The molecule has 1 aromatic heterocycles. The highest BCUT2D eigenvalue weighted by Crippen LogP contribution is 2.37. The molecule has 0 saturated carbocycles. The van der Waals surface area contributed by atoms with Crippen molar-refractivity contribution in [2.75, 3.05) is 0 Å². The molecule has 0 saturated heterocycles. The van der Waals surface area contributed by atoms with E-state index in [0.717, 1.165) is 18.4 Å². The second kappa shape index (κ2) is 5.54. The molecule has 1 aromatic rings. The van der Waals surface area contributed by atoms with E-state index in [0.29, 0.717) is 0 Å². The molecule has 19 heavy (non-hydrogen) atoms. The zero-order chi connectivity index (χ0) is 14.8. The molecule has 0 aliphatic carbocycles. The lowest BCUT2D eigenvalue weighted by atomic mass is 10.0. The minimum atomic E-state index is -1.64. The molecule has 0 amide bonds.